The zero-order chi connectivity index (χ0) is 15.2. The molecule has 0 fully saturated rings. The highest BCUT2D eigenvalue weighted by Gasteiger charge is 2.09. The van der Waals surface area contributed by atoms with Crippen LogP contribution < -0.4 is 10.6 Å². The van der Waals surface area contributed by atoms with E-state index < -0.39 is 0 Å². The normalized spacial score (nSPS) is 13.0. The molecule has 0 aliphatic rings. The minimum atomic E-state index is 0.210. The Bertz CT molecular complexity index is 604. The molecular weight excluding hydrogens is 280 g/mol. The van der Waals surface area contributed by atoms with Crippen LogP contribution in [0, 0.1) is 13.8 Å². The van der Waals surface area contributed by atoms with Crippen LogP contribution in [0.3, 0.4) is 0 Å². The number of hydrogen-bond donors (Lipinski definition) is 2. The molecule has 2 N–H and O–H groups in total. The van der Waals surface area contributed by atoms with Gasteiger partial charge >= 0.3 is 0 Å². The van der Waals surface area contributed by atoms with E-state index in [1.165, 1.54) is 10.4 Å². The highest BCUT2D eigenvalue weighted by molar-refractivity contribution is 7.11. The maximum absolute atomic E-state index is 4.44. The van der Waals surface area contributed by atoms with Gasteiger partial charge in [0.05, 0.1) is 23.3 Å². The SMILES string of the molecule is CN=C(NCc1sc(C)nc1C)NC(C)c1ccccc1. The Morgan fingerprint density at radius 3 is 2.57 bits per heavy atom. The molecule has 0 spiro atoms. The predicted octanol–water partition coefficient (Wildman–Crippen LogP) is 3.19. The van der Waals surface area contributed by atoms with Gasteiger partial charge in [0.25, 0.3) is 0 Å². The lowest BCUT2D eigenvalue weighted by molar-refractivity contribution is 0.686. The first-order valence-electron chi connectivity index (χ1n) is 7.05. The number of hydrogen-bond acceptors (Lipinski definition) is 3. The number of thiazole rings is 1. The molecule has 0 aliphatic heterocycles. The van der Waals surface area contributed by atoms with E-state index in [1.807, 2.05) is 32.0 Å². The first-order valence-corrected chi connectivity index (χ1v) is 7.87. The highest BCUT2D eigenvalue weighted by atomic mass is 32.1. The summed E-state index contributed by atoms with van der Waals surface area (Å²) in [7, 11) is 1.79. The fourth-order valence-corrected chi connectivity index (χ4v) is 3.00. The Morgan fingerprint density at radius 1 is 1.29 bits per heavy atom. The van der Waals surface area contributed by atoms with E-state index in [1.54, 1.807) is 18.4 Å². The van der Waals surface area contributed by atoms with Crippen LogP contribution >= 0.6 is 11.3 Å². The molecule has 0 radical (unpaired) electrons. The van der Waals surface area contributed by atoms with Crippen LogP contribution in [0.25, 0.3) is 0 Å². The minimum Gasteiger partial charge on any atom is -0.351 e. The molecule has 1 aromatic carbocycles. The lowest BCUT2D eigenvalue weighted by Crippen LogP contribution is -2.38. The Labute approximate surface area is 130 Å². The number of aliphatic imine (C=N–C) groups is 1. The van der Waals surface area contributed by atoms with Gasteiger partial charge in [-0.15, -0.1) is 11.3 Å². The van der Waals surface area contributed by atoms with E-state index in [4.69, 9.17) is 0 Å². The van der Waals surface area contributed by atoms with Gasteiger partial charge in [-0.3, -0.25) is 4.99 Å². The van der Waals surface area contributed by atoms with Crippen LogP contribution in [0.5, 0.6) is 0 Å². The molecule has 0 amide bonds. The summed E-state index contributed by atoms with van der Waals surface area (Å²) in [6, 6.07) is 10.6. The molecule has 1 atom stereocenters. The maximum Gasteiger partial charge on any atom is 0.191 e. The fraction of sp³-hybridized carbons (Fsp3) is 0.375. The zero-order valence-electron chi connectivity index (χ0n) is 13.0. The molecule has 5 heteroatoms. The molecule has 1 aromatic heterocycles. The van der Waals surface area contributed by atoms with Gasteiger partial charge in [-0.1, -0.05) is 30.3 Å². The molecule has 21 heavy (non-hydrogen) atoms. The molecule has 1 unspecified atom stereocenters. The topological polar surface area (TPSA) is 49.3 Å². The molecule has 1 heterocycles. The van der Waals surface area contributed by atoms with Crippen LogP contribution in [0.1, 0.15) is 34.1 Å². The van der Waals surface area contributed by atoms with Crippen molar-refractivity contribution in [2.75, 3.05) is 7.05 Å². The summed E-state index contributed by atoms with van der Waals surface area (Å²) < 4.78 is 0. The summed E-state index contributed by atoms with van der Waals surface area (Å²) in [5.74, 6) is 0.803. The second kappa shape index (κ2) is 7.22. The van der Waals surface area contributed by atoms with Crippen LogP contribution in [0.15, 0.2) is 35.3 Å². The molecule has 2 aromatic rings. The van der Waals surface area contributed by atoms with Gasteiger partial charge in [-0.25, -0.2) is 4.98 Å². The van der Waals surface area contributed by atoms with E-state index in [0.29, 0.717) is 0 Å². The minimum absolute atomic E-state index is 0.210. The van der Waals surface area contributed by atoms with Crippen molar-refractivity contribution in [2.45, 2.75) is 33.4 Å². The number of aryl methyl sites for hydroxylation is 2. The van der Waals surface area contributed by atoms with Crippen molar-refractivity contribution in [3.8, 4) is 0 Å². The van der Waals surface area contributed by atoms with Crippen LogP contribution in [-0.4, -0.2) is 18.0 Å². The second-order valence-electron chi connectivity index (χ2n) is 4.94. The van der Waals surface area contributed by atoms with Crippen molar-refractivity contribution in [1.29, 1.82) is 0 Å². The van der Waals surface area contributed by atoms with Gasteiger partial charge in [-0.05, 0) is 26.3 Å². The van der Waals surface area contributed by atoms with Crippen molar-refractivity contribution < 1.29 is 0 Å². The van der Waals surface area contributed by atoms with Gasteiger partial charge in [0, 0.05) is 11.9 Å². The first kappa shape index (κ1) is 15.5. The summed E-state index contributed by atoms with van der Waals surface area (Å²) in [4.78, 5) is 9.98. The molecule has 2 rings (SSSR count). The quantitative estimate of drug-likeness (QED) is 0.673. The van der Waals surface area contributed by atoms with Crippen molar-refractivity contribution in [3.05, 3.63) is 51.5 Å². The third kappa shape index (κ3) is 4.29. The molecule has 0 saturated heterocycles. The van der Waals surface area contributed by atoms with Gasteiger partial charge in [0.2, 0.25) is 0 Å². The molecule has 0 saturated carbocycles. The molecule has 0 aliphatic carbocycles. The first-order chi connectivity index (χ1) is 10.1. The molecule has 112 valence electrons. The maximum atomic E-state index is 4.44. The third-order valence-corrected chi connectivity index (χ3v) is 4.37. The average Bonchev–Trinajstić information content (AvgIpc) is 2.82. The Kier molecular flexibility index (Phi) is 5.33. The third-order valence-electron chi connectivity index (χ3n) is 3.29. The number of benzene rings is 1. The van der Waals surface area contributed by atoms with Crippen LogP contribution in [-0.2, 0) is 6.54 Å². The molecule has 4 nitrogen and oxygen atoms in total. The fourth-order valence-electron chi connectivity index (χ4n) is 2.13. The number of aromatic nitrogens is 1. The van der Waals surface area contributed by atoms with E-state index in [-0.39, 0.29) is 6.04 Å². The molecule has 0 bridgehead atoms. The average molecular weight is 302 g/mol. The Morgan fingerprint density at radius 2 is 2.00 bits per heavy atom. The van der Waals surface area contributed by atoms with E-state index in [9.17, 15) is 0 Å². The summed E-state index contributed by atoms with van der Waals surface area (Å²) in [5, 5.41) is 7.85. The smallest absolute Gasteiger partial charge is 0.191 e. The van der Waals surface area contributed by atoms with Crippen molar-refractivity contribution in [2.24, 2.45) is 4.99 Å². The summed E-state index contributed by atoms with van der Waals surface area (Å²) in [5.41, 5.74) is 2.34. The van der Waals surface area contributed by atoms with Gasteiger partial charge in [0.15, 0.2) is 5.96 Å². The van der Waals surface area contributed by atoms with Crippen molar-refractivity contribution in [3.63, 3.8) is 0 Å². The van der Waals surface area contributed by atoms with Gasteiger partial charge in [-0.2, -0.15) is 0 Å². The largest absolute Gasteiger partial charge is 0.351 e. The highest BCUT2D eigenvalue weighted by Crippen LogP contribution is 2.16. The predicted molar refractivity (Wildman–Crippen MR) is 89.8 cm³/mol. The van der Waals surface area contributed by atoms with E-state index in [2.05, 4.69) is 39.7 Å². The van der Waals surface area contributed by atoms with E-state index >= 15 is 0 Å². The number of nitrogens with zero attached hydrogens (tertiary/aromatic N) is 2. The summed E-state index contributed by atoms with van der Waals surface area (Å²) in [6.07, 6.45) is 0. The summed E-state index contributed by atoms with van der Waals surface area (Å²) in [6.45, 7) is 6.96. The Balaban J connectivity index is 1.93. The lowest BCUT2D eigenvalue weighted by atomic mass is 10.1. The number of nitrogens with one attached hydrogen (secondary N) is 2. The van der Waals surface area contributed by atoms with Gasteiger partial charge in [0.1, 0.15) is 0 Å². The standard InChI is InChI=1S/C16H22N4S/c1-11(14-8-6-5-7-9-14)20-16(17-4)18-10-15-12(2)19-13(3)21-15/h5-9,11H,10H2,1-4H3,(H2,17,18,20). The number of guanidine groups is 1. The second-order valence-corrected chi connectivity index (χ2v) is 6.23. The lowest BCUT2D eigenvalue weighted by Gasteiger charge is -2.18. The molecular formula is C16H22N4S. The zero-order valence-corrected chi connectivity index (χ0v) is 13.8. The van der Waals surface area contributed by atoms with Crippen LogP contribution in [0.2, 0.25) is 0 Å². The summed E-state index contributed by atoms with van der Waals surface area (Å²) >= 11 is 1.73. The number of rotatable bonds is 4. The van der Waals surface area contributed by atoms with Crippen molar-refractivity contribution in [1.82, 2.24) is 15.6 Å². The van der Waals surface area contributed by atoms with E-state index in [0.717, 1.165) is 23.2 Å². The monoisotopic (exact) mass is 302 g/mol. The van der Waals surface area contributed by atoms with Crippen LogP contribution in [0.4, 0.5) is 0 Å². The Hall–Kier alpha value is -1.88. The van der Waals surface area contributed by atoms with Crippen molar-refractivity contribution >= 4 is 17.3 Å². The van der Waals surface area contributed by atoms with Gasteiger partial charge < -0.3 is 10.6 Å².